The molecule has 1 saturated heterocycles. The van der Waals surface area contributed by atoms with E-state index in [-0.39, 0.29) is 29.4 Å². The maximum atomic E-state index is 13.1. The summed E-state index contributed by atoms with van der Waals surface area (Å²) in [4.78, 5) is 27.8. The summed E-state index contributed by atoms with van der Waals surface area (Å²) in [5.41, 5.74) is 0.575. The smallest absolute Gasteiger partial charge is 0.306 e. The number of carbonyl (C=O) groups excluding carboxylic acids is 2. The number of amides is 1. The van der Waals surface area contributed by atoms with E-state index in [2.05, 4.69) is 39.5 Å². The Hall–Kier alpha value is -0.710. The Balaban J connectivity index is 1.22. The number of rotatable bonds is 14. The summed E-state index contributed by atoms with van der Waals surface area (Å²) in [5, 5.41) is 0.761. The van der Waals surface area contributed by atoms with E-state index in [0.29, 0.717) is 36.0 Å². The number of likely N-dealkylation sites (tertiary alicyclic amines) is 1. The van der Waals surface area contributed by atoms with Crippen LogP contribution in [0.4, 0.5) is 0 Å². The summed E-state index contributed by atoms with van der Waals surface area (Å²) in [6, 6.07) is 0.206. The second kappa shape index (κ2) is 14.0. The van der Waals surface area contributed by atoms with Crippen molar-refractivity contribution in [2.24, 2.45) is 28.6 Å². The van der Waals surface area contributed by atoms with Crippen molar-refractivity contribution in [3.63, 3.8) is 0 Å². The minimum absolute atomic E-state index is 0.0108. The molecule has 5 heteroatoms. The van der Waals surface area contributed by atoms with Gasteiger partial charge in [0.2, 0.25) is 5.91 Å². The molecule has 1 heterocycles. The predicted molar refractivity (Wildman–Crippen MR) is 164 cm³/mol. The van der Waals surface area contributed by atoms with Crippen molar-refractivity contribution in [1.82, 2.24) is 4.90 Å². The van der Waals surface area contributed by atoms with E-state index in [1.54, 1.807) is 0 Å². The maximum absolute atomic E-state index is 13.1. The van der Waals surface area contributed by atoms with Crippen molar-refractivity contribution >= 4 is 23.6 Å². The van der Waals surface area contributed by atoms with Crippen molar-refractivity contribution in [2.45, 2.75) is 161 Å². The van der Waals surface area contributed by atoms with Crippen LogP contribution >= 0.6 is 11.8 Å². The van der Waals surface area contributed by atoms with Gasteiger partial charge < -0.3 is 9.64 Å². The molecule has 4 aliphatic rings. The standard InChI is InChI=1S/C34H59NO3S/c1-25(2)39-23-14-12-10-8-6-7-9-11-13-17-31(37)38-28-24-29-34(4,22-19-30(36)35(29)5)27-18-21-33(3)20-15-16-26(33)32(27)28/h25-29,32H,6-24H2,1-5H3/t26-,27-,28?,29+,32-,33-,34+/m0/s1. The van der Waals surface area contributed by atoms with Crippen molar-refractivity contribution < 1.29 is 14.3 Å². The molecule has 0 radical (unpaired) electrons. The fourth-order valence-electron chi connectivity index (χ4n) is 9.33. The van der Waals surface area contributed by atoms with E-state index in [0.717, 1.165) is 30.9 Å². The van der Waals surface area contributed by atoms with Crippen molar-refractivity contribution in [3.05, 3.63) is 0 Å². The lowest BCUT2D eigenvalue weighted by Gasteiger charge is -2.63. The molecule has 4 rings (SSSR count). The first-order chi connectivity index (χ1) is 18.7. The highest BCUT2D eigenvalue weighted by Crippen LogP contribution is 2.65. The third kappa shape index (κ3) is 7.39. The van der Waals surface area contributed by atoms with Gasteiger partial charge in [0.15, 0.2) is 0 Å². The normalized spacial score (nSPS) is 36.0. The molecule has 1 unspecified atom stereocenters. The van der Waals surface area contributed by atoms with Gasteiger partial charge >= 0.3 is 5.97 Å². The van der Waals surface area contributed by atoms with Gasteiger partial charge in [-0.25, -0.2) is 0 Å². The van der Waals surface area contributed by atoms with Crippen LogP contribution in [0.25, 0.3) is 0 Å². The number of thioether (sulfide) groups is 1. The second-order valence-corrected chi connectivity index (χ2v) is 16.2. The van der Waals surface area contributed by atoms with Gasteiger partial charge in [-0.05, 0) is 78.6 Å². The number of carbonyl (C=O) groups is 2. The third-order valence-electron chi connectivity index (χ3n) is 11.6. The first kappa shape index (κ1) is 31.2. The molecule has 39 heavy (non-hydrogen) atoms. The van der Waals surface area contributed by atoms with Gasteiger partial charge in [-0.1, -0.05) is 79.1 Å². The molecule has 1 aliphatic heterocycles. The number of nitrogens with zero attached hydrogens (tertiary/aromatic N) is 1. The molecule has 0 spiro atoms. The summed E-state index contributed by atoms with van der Waals surface area (Å²) < 4.78 is 6.42. The first-order valence-corrected chi connectivity index (χ1v) is 17.8. The summed E-state index contributed by atoms with van der Waals surface area (Å²) >= 11 is 2.08. The molecule has 0 aromatic carbocycles. The quantitative estimate of drug-likeness (QED) is 0.157. The van der Waals surface area contributed by atoms with Crippen LogP contribution in [0.5, 0.6) is 0 Å². The van der Waals surface area contributed by atoms with Crippen molar-refractivity contribution in [2.75, 3.05) is 12.8 Å². The maximum Gasteiger partial charge on any atom is 0.306 e. The zero-order valence-electron chi connectivity index (χ0n) is 26.0. The van der Waals surface area contributed by atoms with Crippen LogP contribution in [0.15, 0.2) is 0 Å². The van der Waals surface area contributed by atoms with Gasteiger partial charge in [-0.15, -0.1) is 0 Å². The number of fused-ring (bicyclic) bond motifs is 5. The average Bonchev–Trinajstić information content (AvgIpc) is 3.29. The van der Waals surface area contributed by atoms with Gasteiger partial charge in [0.1, 0.15) is 6.10 Å². The number of unbranched alkanes of at least 4 members (excludes halogenated alkanes) is 8. The van der Waals surface area contributed by atoms with E-state index in [1.807, 2.05) is 11.9 Å². The summed E-state index contributed by atoms with van der Waals surface area (Å²) in [6.07, 6.45) is 20.9. The molecular formula is C34H59NO3S. The van der Waals surface area contributed by atoms with Crippen molar-refractivity contribution in [1.29, 1.82) is 0 Å². The van der Waals surface area contributed by atoms with Crippen molar-refractivity contribution in [3.8, 4) is 0 Å². The largest absolute Gasteiger partial charge is 0.462 e. The lowest BCUT2D eigenvalue weighted by Crippen LogP contribution is -2.65. The Bertz CT molecular complexity index is 816. The predicted octanol–water partition coefficient (Wildman–Crippen LogP) is 8.80. The minimum Gasteiger partial charge on any atom is -0.462 e. The van der Waals surface area contributed by atoms with Gasteiger partial charge in [-0.3, -0.25) is 9.59 Å². The topological polar surface area (TPSA) is 46.6 Å². The van der Waals surface area contributed by atoms with Crippen LogP contribution in [0, 0.1) is 28.6 Å². The summed E-state index contributed by atoms with van der Waals surface area (Å²) in [5.74, 6) is 3.30. The fourth-order valence-corrected chi connectivity index (χ4v) is 10.2. The Morgan fingerprint density at radius 2 is 1.62 bits per heavy atom. The molecule has 0 aromatic rings. The molecule has 3 saturated carbocycles. The van der Waals surface area contributed by atoms with Crippen LogP contribution in [-0.2, 0) is 14.3 Å². The number of hydrogen-bond donors (Lipinski definition) is 0. The molecule has 7 atom stereocenters. The molecule has 4 nitrogen and oxygen atoms in total. The Labute approximate surface area is 244 Å². The fraction of sp³-hybridized carbons (Fsp3) is 0.941. The van der Waals surface area contributed by atoms with Gasteiger partial charge in [0.05, 0.1) is 0 Å². The number of ether oxygens (including phenoxy) is 1. The third-order valence-corrected chi connectivity index (χ3v) is 12.8. The van der Waals surface area contributed by atoms with E-state index in [1.165, 1.54) is 82.8 Å². The lowest BCUT2D eigenvalue weighted by atomic mass is 9.47. The van der Waals surface area contributed by atoms with Gasteiger partial charge in [-0.2, -0.15) is 11.8 Å². The average molecular weight is 562 g/mol. The molecular weight excluding hydrogens is 502 g/mol. The van der Waals surface area contributed by atoms with Crippen LogP contribution < -0.4 is 0 Å². The molecule has 4 fully saturated rings. The first-order valence-electron chi connectivity index (χ1n) is 16.7. The van der Waals surface area contributed by atoms with Gasteiger partial charge in [0, 0.05) is 38.3 Å². The second-order valence-electron chi connectivity index (χ2n) is 14.5. The Morgan fingerprint density at radius 3 is 2.31 bits per heavy atom. The Kier molecular flexibility index (Phi) is 11.2. The molecule has 3 aliphatic carbocycles. The van der Waals surface area contributed by atoms with Crippen LogP contribution in [-0.4, -0.2) is 47.0 Å². The van der Waals surface area contributed by atoms with Gasteiger partial charge in [0.25, 0.3) is 0 Å². The molecule has 0 aromatic heterocycles. The molecule has 0 bridgehead atoms. The minimum atomic E-state index is -0.0180. The number of esters is 1. The summed E-state index contributed by atoms with van der Waals surface area (Å²) in [7, 11) is 2.00. The summed E-state index contributed by atoms with van der Waals surface area (Å²) in [6.45, 7) is 9.53. The molecule has 1 amide bonds. The SMILES string of the molecule is CC(C)SCCCCCCCCCCCC(=O)OC1C[C@H]2N(C)C(=O)CC[C@]2(C)[C@H]2CC[C@]3(C)CCC[C@H]3[C@H]12. The van der Waals surface area contributed by atoms with Crippen LogP contribution in [0.3, 0.4) is 0 Å². The number of hydrogen-bond acceptors (Lipinski definition) is 4. The van der Waals surface area contributed by atoms with E-state index in [9.17, 15) is 9.59 Å². The number of piperidine rings is 1. The monoisotopic (exact) mass is 561 g/mol. The zero-order chi connectivity index (χ0) is 28.0. The van der Waals surface area contributed by atoms with E-state index >= 15 is 0 Å². The highest BCUT2D eigenvalue weighted by molar-refractivity contribution is 7.99. The van der Waals surface area contributed by atoms with E-state index in [4.69, 9.17) is 4.74 Å². The zero-order valence-corrected chi connectivity index (χ0v) is 26.8. The molecule has 224 valence electrons. The molecule has 0 N–H and O–H groups in total. The van der Waals surface area contributed by atoms with E-state index < -0.39 is 0 Å². The van der Waals surface area contributed by atoms with Crippen LogP contribution in [0.1, 0.15) is 143 Å². The Morgan fingerprint density at radius 1 is 0.949 bits per heavy atom. The lowest BCUT2D eigenvalue weighted by molar-refractivity contribution is -0.193. The highest BCUT2D eigenvalue weighted by Gasteiger charge is 2.62. The highest BCUT2D eigenvalue weighted by atomic mass is 32.2. The van der Waals surface area contributed by atoms with Crippen LogP contribution in [0.2, 0.25) is 0 Å².